The molecule has 0 aliphatic heterocycles. The van der Waals surface area contributed by atoms with Crippen LogP contribution in [0.5, 0.6) is 11.5 Å². The fourth-order valence-electron chi connectivity index (χ4n) is 2.08. The number of carbonyl (C=O) groups excluding carboxylic acids is 1. The molecule has 0 aliphatic carbocycles. The molecule has 0 saturated heterocycles. The first-order chi connectivity index (χ1) is 11.9. The Morgan fingerprint density at radius 3 is 2.60 bits per heavy atom. The smallest absolute Gasteiger partial charge is 0.255 e. The Labute approximate surface area is 168 Å². The fraction of sp³-hybridized carbons (Fsp3) is 0.235. The average molecular weight is 493 g/mol. The third-order valence-corrected chi connectivity index (χ3v) is 4.97. The van der Waals surface area contributed by atoms with Crippen LogP contribution in [0.25, 0.3) is 0 Å². The summed E-state index contributed by atoms with van der Waals surface area (Å²) in [6.45, 7) is 2.69. The maximum atomic E-state index is 10.9. The van der Waals surface area contributed by atoms with Crippen LogP contribution in [0, 0.1) is 0 Å². The second kappa shape index (κ2) is 9.31. The summed E-state index contributed by atoms with van der Waals surface area (Å²) in [4.78, 5) is 10.9. The predicted molar refractivity (Wildman–Crippen MR) is 106 cm³/mol. The van der Waals surface area contributed by atoms with Gasteiger partial charge in [0.1, 0.15) is 0 Å². The first-order valence-corrected chi connectivity index (χ1v) is 9.42. The monoisotopic (exact) mass is 490 g/mol. The molecule has 2 aromatic rings. The van der Waals surface area contributed by atoms with E-state index in [9.17, 15) is 4.79 Å². The van der Waals surface area contributed by atoms with Gasteiger partial charge in [-0.05, 0) is 74.7 Å². The van der Waals surface area contributed by atoms with Crippen molar-refractivity contribution in [2.24, 2.45) is 5.73 Å². The van der Waals surface area contributed by atoms with Crippen molar-refractivity contribution in [1.29, 1.82) is 0 Å². The summed E-state index contributed by atoms with van der Waals surface area (Å²) in [6.07, 6.45) is 0. The quantitative estimate of drug-likeness (QED) is 0.558. The molecule has 0 aromatic heterocycles. The number of nitrogens with two attached hydrogens (primary N) is 1. The Kier molecular flexibility index (Phi) is 7.40. The number of nitrogens with one attached hydrogen (secondary N) is 1. The third-order valence-electron chi connectivity index (χ3n) is 3.14. The number of primary amides is 1. The largest absolute Gasteiger partial charge is 0.490 e. The molecule has 3 N–H and O–H groups in total. The first kappa shape index (κ1) is 19.9. The van der Waals surface area contributed by atoms with Gasteiger partial charge in [0.05, 0.1) is 16.1 Å². The van der Waals surface area contributed by atoms with Gasteiger partial charge in [0, 0.05) is 16.7 Å². The number of carbonyl (C=O) groups is 1. The first-order valence-electron chi connectivity index (χ1n) is 7.46. The summed E-state index contributed by atoms with van der Waals surface area (Å²) in [6, 6.07) is 9.41. The van der Waals surface area contributed by atoms with Gasteiger partial charge < -0.3 is 20.5 Å². The molecular weight excluding hydrogens is 475 g/mol. The number of ether oxygens (including phenoxy) is 2. The lowest BCUT2D eigenvalue weighted by Gasteiger charge is -2.15. The maximum absolute atomic E-state index is 10.9. The molecule has 0 fully saturated rings. The van der Waals surface area contributed by atoms with Gasteiger partial charge in [0.25, 0.3) is 5.91 Å². The maximum Gasteiger partial charge on any atom is 0.255 e. The van der Waals surface area contributed by atoms with E-state index in [1.165, 1.54) is 0 Å². The number of anilines is 1. The van der Waals surface area contributed by atoms with Crippen molar-refractivity contribution < 1.29 is 14.3 Å². The van der Waals surface area contributed by atoms with E-state index in [1.807, 2.05) is 37.3 Å². The molecule has 0 radical (unpaired) electrons. The Morgan fingerprint density at radius 2 is 1.96 bits per heavy atom. The van der Waals surface area contributed by atoms with Crippen LogP contribution in [-0.2, 0) is 11.3 Å². The third kappa shape index (κ3) is 5.80. The molecule has 8 heteroatoms. The molecule has 2 aromatic carbocycles. The zero-order valence-electron chi connectivity index (χ0n) is 13.4. The topological polar surface area (TPSA) is 73.6 Å². The van der Waals surface area contributed by atoms with Crippen molar-refractivity contribution in [2.45, 2.75) is 13.5 Å². The number of hydrogen-bond donors (Lipinski definition) is 2. The number of benzene rings is 2. The van der Waals surface area contributed by atoms with Crippen molar-refractivity contribution in [2.75, 3.05) is 18.5 Å². The zero-order valence-corrected chi connectivity index (χ0v) is 17.4. The summed E-state index contributed by atoms with van der Waals surface area (Å²) in [5.74, 6) is 0.451. The summed E-state index contributed by atoms with van der Waals surface area (Å²) >= 11 is 12.9. The Hall–Kier alpha value is -1.44. The number of amides is 1. The van der Waals surface area contributed by atoms with Crippen LogP contribution in [0.3, 0.4) is 0 Å². The van der Waals surface area contributed by atoms with Crippen LogP contribution in [0.15, 0.2) is 39.3 Å². The molecule has 0 bridgehead atoms. The van der Waals surface area contributed by atoms with Crippen molar-refractivity contribution in [3.8, 4) is 11.5 Å². The van der Waals surface area contributed by atoms with Crippen LogP contribution < -0.4 is 20.5 Å². The molecule has 25 heavy (non-hydrogen) atoms. The number of hydrogen-bond acceptors (Lipinski definition) is 4. The highest BCUT2D eigenvalue weighted by atomic mass is 79.9. The zero-order chi connectivity index (χ0) is 18.4. The molecule has 0 unspecified atom stereocenters. The molecule has 0 atom stereocenters. The lowest BCUT2D eigenvalue weighted by molar-refractivity contribution is -0.119. The van der Waals surface area contributed by atoms with Crippen LogP contribution in [0.2, 0.25) is 5.02 Å². The molecule has 134 valence electrons. The van der Waals surface area contributed by atoms with Crippen molar-refractivity contribution in [3.05, 3.63) is 49.9 Å². The number of rotatable bonds is 8. The molecule has 1 amide bonds. The van der Waals surface area contributed by atoms with Gasteiger partial charge in [0.15, 0.2) is 18.1 Å². The summed E-state index contributed by atoms with van der Waals surface area (Å²) < 4.78 is 12.6. The van der Waals surface area contributed by atoms with E-state index in [0.717, 1.165) is 15.7 Å². The van der Waals surface area contributed by atoms with Gasteiger partial charge in [0.2, 0.25) is 0 Å². The molecule has 0 aliphatic rings. The lowest BCUT2D eigenvalue weighted by Crippen LogP contribution is -2.20. The summed E-state index contributed by atoms with van der Waals surface area (Å²) in [5.41, 5.74) is 7.01. The minimum absolute atomic E-state index is 0.215. The Bertz CT molecular complexity index is 772. The van der Waals surface area contributed by atoms with E-state index in [-0.39, 0.29) is 6.61 Å². The van der Waals surface area contributed by atoms with Crippen LogP contribution in [-0.4, -0.2) is 19.1 Å². The summed E-state index contributed by atoms with van der Waals surface area (Å²) in [7, 11) is 0. The van der Waals surface area contributed by atoms with E-state index in [0.29, 0.717) is 34.1 Å². The second-order valence-corrected chi connectivity index (χ2v) is 7.19. The Balaban J connectivity index is 2.17. The van der Waals surface area contributed by atoms with Crippen molar-refractivity contribution >= 4 is 55.1 Å². The van der Waals surface area contributed by atoms with Gasteiger partial charge >= 0.3 is 0 Å². The standard InChI is InChI=1S/C17H17Br2ClN2O3/c1-2-24-15-6-10(5-13(19)17(15)25-9-16(21)23)8-22-11-3-4-12(18)14(20)7-11/h3-7,22H,2,8-9H2,1H3,(H2,21,23). The minimum Gasteiger partial charge on any atom is -0.490 e. The predicted octanol–water partition coefficient (Wildman–Crippen LogP) is 4.74. The molecular formula is C17H17Br2ClN2O3. The molecule has 2 rings (SSSR count). The summed E-state index contributed by atoms with van der Waals surface area (Å²) in [5, 5.41) is 3.93. The van der Waals surface area contributed by atoms with Gasteiger partial charge in [-0.15, -0.1) is 0 Å². The van der Waals surface area contributed by atoms with Crippen LogP contribution in [0.4, 0.5) is 5.69 Å². The van der Waals surface area contributed by atoms with E-state index in [2.05, 4.69) is 37.2 Å². The van der Waals surface area contributed by atoms with E-state index in [4.69, 9.17) is 26.8 Å². The van der Waals surface area contributed by atoms with Crippen molar-refractivity contribution in [3.63, 3.8) is 0 Å². The van der Waals surface area contributed by atoms with Crippen LogP contribution >= 0.6 is 43.5 Å². The number of halogens is 3. The van der Waals surface area contributed by atoms with Crippen LogP contribution in [0.1, 0.15) is 12.5 Å². The van der Waals surface area contributed by atoms with Gasteiger partial charge in [-0.25, -0.2) is 0 Å². The average Bonchev–Trinajstić information content (AvgIpc) is 2.55. The van der Waals surface area contributed by atoms with E-state index < -0.39 is 5.91 Å². The molecule has 0 saturated carbocycles. The molecule has 0 heterocycles. The molecule has 5 nitrogen and oxygen atoms in total. The lowest BCUT2D eigenvalue weighted by atomic mass is 10.2. The fourth-order valence-corrected chi connectivity index (χ4v) is 3.11. The van der Waals surface area contributed by atoms with Gasteiger partial charge in [-0.3, -0.25) is 4.79 Å². The molecule has 0 spiro atoms. The highest BCUT2D eigenvalue weighted by Crippen LogP contribution is 2.37. The highest BCUT2D eigenvalue weighted by Gasteiger charge is 2.13. The minimum atomic E-state index is -0.549. The van der Waals surface area contributed by atoms with E-state index >= 15 is 0 Å². The van der Waals surface area contributed by atoms with Crippen molar-refractivity contribution in [1.82, 2.24) is 0 Å². The SMILES string of the molecule is CCOc1cc(CNc2ccc(Br)c(Cl)c2)cc(Br)c1OCC(N)=O. The normalized spacial score (nSPS) is 10.4. The van der Waals surface area contributed by atoms with Gasteiger partial charge in [-0.1, -0.05) is 11.6 Å². The van der Waals surface area contributed by atoms with E-state index in [1.54, 1.807) is 0 Å². The second-order valence-electron chi connectivity index (χ2n) is 5.08. The Morgan fingerprint density at radius 1 is 1.20 bits per heavy atom. The highest BCUT2D eigenvalue weighted by molar-refractivity contribution is 9.10. The van der Waals surface area contributed by atoms with Gasteiger partial charge in [-0.2, -0.15) is 0 Å².